The van der Waals surface area contributed by atoms with Crippen LogP contribution in [0.5, 0.6) is 0 Å². The standard InChI is InChI=1S/C10H13NO3.2Na.H3O4P/c12-7-6-11-10(13)14-8-9-4-2-1-3-5-9;;;1-5(2,3)4/h1-5,12H,6-8H2,(H,11,13);;;(H3,1,2,3,4)/q;2*+1;/p-2. The molecular formula is C10H14NNa2O7P. The van der Waals surface area contributed by atoms with E-state index >= 15 is 0 Å². The van der Waals surface area contributed by atoms with Gasteiger partial charge < -0.3 is 34.4 Å². The number of aliphatic hydroxyl groups excluding tert-OH is 1. The molecule has 1 aromatic carbocycles. The zero-order valence-electron chi connectivity index (χ0n) is 11.9. The van der Waals surface area contributed by atoms with Gasteiger partial charge in [0.25, 0.3) is 0 Å². The van der Waals surface area contributed by atoms with Crippen LogP contribution in [-0.2, 0) is 15.9 Å². The summed E-state index contributed by atoms with van der Waals surface area (Å²) >= 11 is 0. The first-order valence-electron chi connectivity index (χ1n) is 5.13. The number of rotatable bonds is 4. The molecule has 11 heteroatoms. The molecule has 0 spiro atoms. The third-order valence-electron chi connectivity index (χ3n) is 1.59. The third-order valence-corrected chi connectivity index (χ3v) is 1.59. The summed E-state index contributed by atoms with van der Waals surface area (Å²) in [6, 6.07) is 9.41. The number of alkyl carbamates (subject to hydrolysis) is 1. The molecule has 0 aromatic heterocycles. The van der Waals surface area contributed by atoms with Crippen LogP contribution in [-0.4, -0.2) is 29.2 Å². The molecule has 8 nitrogen and oxygen atoms in total. The van der Waals surface area contributed by atoms with Gasteiger partial charge in [-0.3, -0.25) is 0 Å². The average Bonchev–Trinajstić information content (AvgIpc) is 2.33. The van der Waals surface area contributed by atoms with Crippen LogP contribution in [0, 0.1) is 0 Å². The number of nitrogens with one attached hydrogen (secondary N) is 1. The maximum atomic E-state index is 10.9. The van der Waals surface area contributed by atoms with E-state index in [9.17, 15) is 4.79 Å². The molecule has 0 aliphatic rings. The fourth-order valence-corrected chi connectivity index (χ4v) is 0.932. The van der Waals surface area contributed by atoms with Crippen molar-refractivity contribution in [3.8, 4) is 0 Å². The van der Waals surface area contributed by atoms with Crippen molar-refractivity contribution in [3.63, 3.8) is 0 Å². The summed E-state index contributed by atoms with van der Waals surface area (Å²) in [4.78, 5) is 35.2. The number of amides is 1. The summed E-state index contributed by atoms with van der Waals surface area (Å²) < 4.78 is 13.5. The Morgan fingerprint density at radius 2 is 1.71 bits per heavy atom. The Labute approximate surface area is 166 Å². The Kier molecular flexibility index (Phi) is 19.5. The van der Waals surface area contributed by atoms with Crippen LogP contribution in [0.3, 0.4) is 0 Å². The first-order chi connectivity index (χ1) is 8.83. The van der Waals surface area contributed by atoms with Gasteiger partial charge in [0.05, 0.1) is 14.4 Å². The van der Waals surface area contributed by atoms with Crippen LogP contribution >= 0.6 is 7.82 Å². The summed E-state index contributed by atoms with van der Waals surface area (Å²) in [6.07, 6.45) is -0.511. The summed E-state index contributed by atoms with van der Waals surface area (Å²) in [5.74, 6) is 0. The van der Waals surface area contributed by atoms with Gasteiger partial charge in [-0.25, -0.2) is 4.79 Å². The number of benzene rings is 1. The minimum absolute atomic E-state index is 0. The van der Waals surface area contributed by atoms with Gasteiger partial charge in [0, 0.05) is 6.54 Å². The Balaban J connectivity index is -0.000000405. The third kappa shape index (κ3) is 23.0. The molecule has 1 aromatic rings. The number of carbonyl (C=O) groups excluding carboxylic acids is 1. The number of ether oxygens (including phenoxy) is 1. The quantitative estimate of drug-likeness (QED) is 0.366. The molecule has 0 aliphatic carbocycles. The Morgan fingerprint density at radius 1 is 1.24 bits per heavy atom. The van der Waals surface area contributed by atoms with Crippen LogP contribution in [0.1, 0.15) is 5.56 Å². The SMILES string of the molecule is O=C(NCCO)OCc1ccccc1.O=P([O-])([O-])O.[Na+].[Na+]. The van der Waals surface area contributed by atoms with E-state index in [2.05, 4.69) is 5.32 Å². The van der Waals surface area contributed by atoms with E-state index in [1.165, 1.54) is 0 Å². The van der Waals surface area contributed by atoms with Crippen molar-refractivity contribution in [2.75, 3.05) is 13.2 Å². The van der Waals surface area contributed by atoms with Crippen molar-refractivity contribution >= 4 is 13.9 Å². The predicted molar refractivity (Wildman–Crippen MR) is 61.5 cm³/mol. The predicted octanol–water partition coefficient (Wildman–Crippen LogP) is -7.28. The van der Waals surface area contributed by atoms with Gasteiger partial charge in [0.1, 0.15) is 6.61 Å². The molecule has 0 aliphatic heterocycles. The molecule has 1 rings (SSSR count). The van der Waals surface area contributed by atoms with Gasteiger partial charge >= 0.3 is 65.2 Å². The average molecular weight is 337 g/mol. The van der Waals surface area contributed by atoms with E-state index in [0.29, 0.717) is 0 Å². The fourth-order valence-electron chi connectivity index (χ4n) is 0.932. The number of phosphoric acid groups is 1. The molecule has 3 N–H and O–H groups in total. The minimum atomic E-state index is -5.14. The van der Waals surface area contributed by atoms with Crippen LogP contribution in [0.4, 0.5) is 4.79 Å². The van der Waals surface area contributed by atoms with Crippen LogP contribution < -0.4 is 74.2 Å². The van der Waals surface area contributed by atoms with E-state index in [1.807, 2.05) is 30.3 Å². The van der Waals surface area contributed by atoms with Crippen molar-refractivity contribution < 1.29 is 93.0 Å². The molecule has 0 bridgehead atoms. The normalized spacial score (nSPS) is 9.14. The molecule has 0 saturated carbocycles. The second kappa shape index (κ2) is 15.5. The maximum absolute atomic E-state index is 10.9. The number of hydrogen-bond acceptors (Lipinski definition) is 6. The smallest absolute Gasteiger partial charge is 0.790 e. The molecule has 108 valence electrons. The van der Waals surface area contributed by atoms with Crippen molar-refractivity contribution in [3.05, 3.63) is 35.9 Å². The van der Waals surface area contributed by atoms with E-state index in [-0.39, 0.29) is 78.9 Å². The van der Waals surface area contributed by atoms with E-state index < -0.39 is 13.9 Å². The van der Waals surface area contributed by atoms with Gasteiger partial charge in [-0.05, 0) is 5.56 Å². The van der Waals surface area contributed by atoms with Crippen LogP contribution in [0.15, 0.2) is 30.3 Å². The monoisotopic (exact) mass is 337 g/mol. The molecular weight excluding hydrogens is 323 g/mol. The number of aliphatic hydroxyl groups is 1. The summed E-state index contributed by atoms with van der Waals surface area (Å²) in [5.41, 5.74) is 0.937. The summed E-state index contributed by atoms with van der Waals surface area (Å²) in [6.45, 7) is 0.381. The topological polar surface area (TPSA) is 142 Å². The second-order valence-electron chi connectivity index (χ2n) is 3.18. The largest absolute Gasteiger partial charge is 1.00 e. The minimum Gasteiger partial charge on any atom is -0.790 e. The molecule has 21 heavy (non-hydrogen) atoms. The zero-order chi connectivity index (χ0) is 14.7. The molecule has 0 radical (unpaired) electrons. The van der Waals surface area contributed by atoms with Crippen LogP contribution in [0.25, 0.3) is 0 Å². The molecule has 0 fully saturated rings. The first-order valence-corrected chi connectivity index (χ1v) is 6.62. The van der Waals surface area contributed by atoms with Gasteiger partial charge in [-0.15, -0.1) is 0 Å². The summed E-state index contributed by atoms with van der Waals surface area (Å²) in [5, 5.41) is 10.8. The van der Waals surface area contributed by atoms with E-state index in [0.717, 1.165) is 5.56 Å². The molecule has 0 unspecified atom stereocenters. The molecule has 1 amide bonds. The Bertz CT molecular complexity index is 407. The van der Waals surface area contributed by atoms with E-state index in [1.54, 1.807) is 0 Å². The van der Waals surface area contributed by atoms with E-state index in [4.69, 9.17) is 29.1 Å². The molecule has 0 heterocycles. The Hall–Kier alpha value is 0.560. The maximum Gasteiger partial charge on any atom is 1.00 e. The summed E-state index contributed by atoms with van der Waals surface area (Å²) in [7, 11) is -5.14. The fraction of sp³-hybridized carbons (Fsp3) is 0.300. The van der Waals surface area contributed by atoms with Crippen molar-refractivity contribution in [1.29, 1.82) is 0 Å². The van der Waals surface area contributed by atoms with Crippen molar-refractivity contribution in [1.82, 2.24) is 5.32 Å². The Morgan fingerprint density at radius 3 is 2.14 bits per heavy atom. The first kappa shape index (κ1) is 26.5. The molecule has 0 atom stereocenters. The second-order valence-corrected chi connectivity index (χ2v) is 4.12. The molecule has 0 saturated heterocycles. The van der Waals surface area contributed by atoms with Crippen molar-refractivity contribution in [2.45, 2.75) is 6.61 Å². The number of carbonyl (C=O) groups is 1. The van der Waals surface area contributed by atoms with Gasteiger partial charge in [-0.1, -0.05) is 30.3 Å². The number of hydrogen-bond donors (Lipinski definition) is 3. The van der Waals surface area contributed by atoms with Crippen LogP contribution in [0.2, 0.25) is 0 Å². The van der Waals surface area contributed by atoms with Gasteiger partial charge in [-0.2, -0.15) is 0 Å². The van der Waals surface area contributed by atoms with Crippen molar-refractivity contribution in [2.24, 2.45) is 0 Å². The van der Waals surface area contributed by atoms with Gasteiger partial charge in [0.2, 0.25) is 0 Å². The van der Waals surface area contributed by atoms with Gasteiger partial charge in [0.15, 0.2) is 0 Å². The zero-order valence-corrected chi connectivity index (χ0v) is 16.8.